The molecule has 0 saturated heterocycles. The zero-order valence-corrected chi connectivity index (χ0v) is 12.5. The number of hydrogen-bond acceptors (Lipinski definition) is 2. The Hall–Kier alpha value is -1.07. The second-order valence-electron chi connectivity index (χ2n) is 5.29. The van der Waals surface area contributed by atoms with Gasteiger partial charge in [0.05, 0.1) is 12.1 Å². The maximum Gasteiger partial charge on any atom is 0.315 e. The van der Waals surface area contributed by atoms with E-state index in [1.807, 2.05) is 31.2 Å². The molecule has 2 rings (SSSR count). The number of amides is 2. The lowest BCUT2D eigenvalue weighted by Gasteiger charge is -2.28. The molecular formula is C14H19BrN2O2. The quantitative estimate of drug-likeness (QED) is 0.778. The van der Waals surface area contributed by atoms with Crippen molar-refractivity contribution in [3.05, 3.63) is 34.3 Å². The number of aliphatic hydroxyl groups is 1. The molecule has 1 atom stereocenters. The SMILES string of the molecule is CC(CO)(NC(=O)NCc1cccc(Br)c1)C1CC1. The number of urea groups is 1. The molecule has 1 aromatic rings. The first-order valence-electron chi connectivity index (χ1n) is 6.45. The third kappa shape index (κ3) is 3.94. The van der Waals surface area contributed by atoms with Gasteiger partial charge in [0.1, 0.15) is 0 Å². The van der Waals surface area contributed by atoms with Gasteiger partial charge in [0, 0.05) is 11.0 Å². The summed E-state index contributed by atoms with van der Waals surface area (Å²) in [6.07, 6.45) is 2.14. The Balaban J connectivity index is 1.84. The summed E-state index contributed by atoms with van der Waals surface area (Å²) in [6, 6.07) is 7.56. The number of carbonyl (C=O) groups is 1. The van der Waals surface area contributed by atoms with Crippen molar-refractivity contribution in [2.24, 2.45) is 5.92 Å². The monoisotopic (exact) mass is 326 g/mol. The van der Waals surface area contributed by atoms with Crippen LogP contribution in [0.5, 0.6) is 0 Å². The van der Waals surface area contributed by atoms with Crippen molar-refractivity contribution in [3.63, 3.8) is 0 Å². The Morgan fingerprint density at radius 1 is 1.53 bits per heavy atom. The molecule has 2 amide bonds. The van der Waals surface area contributed by atoms with Crippen molar-refractivity contribution in [3.8, 4) is 0 Å². The zero-order valence-electron chi connectivity index (χ0n) is 10.9. The Labute approximate surface area is 121 Å². The van der Waals surface area contributed by atoms with Crippen molar-refractivity contribution in [1.82, 2.24) is 10.6 Å². The number of carbonyl (C=O) groups excluding carboxylic acids is 1. The highest BCUT2D eigenvalue weighted by molar-refractivity contribution is 9.10. The van der Waals surface area contributed by atoms with Gasteiger partial charge >= 0.3 is 6.03 Å². The number of hydrogen-bond donors (Lipinski definition) is 3. The molecule has 0 bridgehead atoms. The van der Waals surface area contributed by atoms with Gasteiger partial charge in [0.15, 0.2) is 0 Å². The molecule has 1 unspecified atom stereocenters. The van der Waals surface area contributed by atoms with Crippen molar-refractivity contribution >= 4 is 22.0 Å². The number of halogens is 1. The molecule has 0 aromatic heterocycles. The smallest absolute Gasteiger partial charge is 0.315 e. The van der Waals surface area contributed by atoms with Gasteiger partial charge in [0.25, 0.3) is 0 Å². The molecule has 1 aliphatic carbocycles. The van der Waals surface area contributed by atoms with Gasteiger partial charge < -0.3 is 15.7 Å². The van der Waals surface area contributed by atoms with Gasteiger partial charge in [-0.3, -0.25) is 0 Å². The van der Waals surface area contributed by atoms with E-state index in [1.165, 1.54) is 0 Å². The lowest BCUT2D eigenvalue weighted by Crippen LogP contribution is -2.53. The second kappa shape index (κ2) is 5.92. The Bertz CT molecular complexity index is 463. The zero-order chi connectivity index (χ0) is 13.9. The minimum atomic E-state index is -0.499. The standard InChI is InChI=1S/C14H19BrN2O2/c1-14(9-18,11-5-6-11)17-13(19)16-8-10-3-2-4-12(15)7-10/h2-4,7,11,18H,5-6,8-9H2,1H3,(H2,16,17,19). The highest BCUT2D eigenvalue weighted by Crippen LogP contribution is 2.39. The van der Waals surface area contributed by atoms with E-state index >= 15 is 0 Å². The summed E-state index contributed by atoms with van der Waals surface area (Å²) in [7, 11) is 0. The maximum absolute atomic E-state index is 11.9. The Morgan fingerprint density at radius 3 is 2.84 bits per heavy atom. The van der Waals surface area contributed by atoms with Crippen LogP contribution >= 0.6 is 15.9 Å². The van der Waals surface area contributed by atoms with E-state index in [2.05, 4.69) is 26.6 Å². The summed E-state index contributed by atoms with van der Waals surface area (Å²) >= 11 is 3.40. The van der Waals surface area contributed by atoms with Gasteiger partial charge in [-0.25, -0.2) is 4.79 Å². The Morgan fingerprint density at radius 2 is 2.26 bits per heavy atom. The van der Waals surface area contributed by atoms with E-state index in [-0.39, 0.29) is 12.6 Å². The fraction of sp³-hybridized carbons (Fsp3) is 0.500. The molecule has 104 valence electrons. The normalized spacial score (nSPS) is 17.6. The van der Waals surface area contributed by atoms with Crippen LogP contribution in [0.1, 0.15) is 25.3 Å². The minimum Gasteiger partial charge on any atom is -0.394 e. The van der Waals surface area contributed by atoms with Crippen LogP contribution in [0.15, 0.2) is 28.7 Å². The number of nitrogens with one attached hydrogen (secondary N) is 2. The van der Waals surface area contributed by atoms with Crippen LogP contribution in [0.4, 0.5) is 4.79 Å². The summed E-state index contributed by atoms with van der Waals surface area (Å²) < 4.78 is 0.991. The molecule has 1 aliphatic rings. The number of benzene rings is 1. The van der Waals surface area contributed by atoms with E-state index in [9.17, 15) is 9.90 Å². The maximum atomic E-state index is 11.9. The van der Waals surface area contributed by atoms with Crippen molar-refractivity contribution in [1.29, 1.82) is 0 Å². The van der Waals surface area contributed by atoms with Crippen molar-refractivity contribution < 1.29 is 9.90 Å². The average molecular weight is 327 g/mol. The fourth-order valence-corrected chi connectivity index (χ4v) is 2.57. The molecule has 0 spiro atoms. The first kappa shape index (κ1) is 14.3. The van der Waals surface area contributed by atoms with E-state index in [4.69, 9.17) is 0 Å². The summed E-state index contributed by atoms with van der Waals surface area (Å²) in [6.45, 7) is 2.34. The molecule has 1 aromatic carbocycles. The number of aliphatic hydroxyl groups excluding tert-OH is 1. The van der Waals surface area contributed by atoms with E-state index in [1.54, 1.807) is 0 Å². The molecule has 4 nitrogen and oxygen atoms in total. The number of rotatable bonds is 5. The van der Waals surface area contributed by atoms with Crippen LogP contribution in [0.25, 0.3) is 0 Å². The highest BCUT2D eigenvalue weighted by Gasteiger charge is 2.42. The summed E-state index contributed by atoms with van der Waals surface area (Å²) in [5.41, 5.74) is 0.531. The van der Waals surface area contributed by atoms with Crippen molar-refractivity contribution in [2.45, 2.75) is 31.8 Å². The van der Waals surface area contributed by atoms with Crippen LogP contribution in [0.3, 0.4) is 0 Å². The molecule has 3 N–H and O–H groups in total. The molecule has 1 fully saturated rings. The predicted molar refractivity (Wildman–Crippen MR) is 77.7 cm³/mol. The first-order chi connectivity index (χ1) is 9.03. The molecule has 5 heteroatoms. The Kier molecular flexibility index (Phi) is 4.47. The molecule has 0 radical (unpaired) electrons. The first-order valence-corrected chi connectivity index (χ1v) is 7.24. The molecule has 1 saturated carbocycles. The molecule has 0 heterocycles. The molecule has 19 heavy (non-hydrogen) atoms. The van der Waals surface area contributed by atoms with Crippen LogP contribution < -0.4 is 10.6 Å². The highest BCUT2D eigenvalue weighted by atomic mass is 79.9. The summed E-state index contributed by atoms with van der Waals surface area (Å²) in [4.78, 5) is 11.9. The van der Waals surface area contributed by atoms with Crippen molar-refractivity contribution in [2.75, 3.05) is 6.61 Å². The van der Waals surface area contributed by atoms with Crippen LogP contribution in [-0.4, -0.2) is 23.3 Å². The predicted octanol–water partition coefficient (Wildman–Crippen LogP) is 2.41. The van der Waals surface area contributed by atoms with Crippen LogP contribution in [0, 0.1) is 5.92 Å². The van der Waals surface area contributed by atoms with Gasteiger partial charge in [-0.2, -0.15) is 0 Å². The van der Waals surface area contributed by atoms with Crippen LogP contribution in [-0.2, 0) is 6.54 Å². The fourth-order valence-electron chi connectivity index (χ4n) is 2.12. The molecule has 0 aliphatic heterocycles. The summed E-state index contributed by atoms with van der Waals surface area (Å²) in [5, 5.41) is 15.1. The second-order valence-corrected chi connectivity index (χ2v) is 6.20. The summed E-state index contributed by atoms with van der Waals surface area (Å²) in [5.74, 6) is 0.397. The van der Waals surface area contributed by atoms with Gasteiger partial charge in [-0.15, -0.1) is 0 Å². The van der Waals surface area contributed by atoms with Gasteiger partial charge in [-0.05, 0) is 43.4 Å². The van der Waals surface area contributed by atoms with Gasteiger partial charge in [0.2, 0.25) is 0 Å². The lowest BCUT2D eigenvalue weighted by atomic mass is 9.97. The minimum absolute atomic E-state index is 0.0258. The third-order valence-corrected chi connectivity index (χ3v) is 4.04. The van der Waals surface area contributed by atoms with E-state index < -0.39 is 5.54 Å². The van der Waals surface area contributed by atoms with Gasteiger partial charge in [-0.1, -0.05) is 28.1 Å². The largest absolute Gasteiger partial charge is 0.394 e. The topological polar surface area (TPSA) is 61.4 Å². The lowest BCUT2D eigenvalue weighted by molar-refractivity contribution is 0.155. The average Bonchev–Trinajstić information content (AvgIpc) is 3.21. The third-order valence-electron chi connectivity index (χ3n) is 3.55. The van der Waals surface area contributed by atoms with E-state index in [0.717, 1.165) is 22.9 Å². The molecular weight excluding hydrogens is 308 g/mol. The van der Waals surface area contributed by atoms with Crippen LogP contribution in [0.2, 0.25) is 0 Å². The van der Waals surface area contributed by atoms with E-state index in [0.29, 0.717) is 12.5 Å².